The van der Waals surface area contributed by atoms with E-state index in [0.717, 1.165) is 30.0 Å². The van der Waals surface area contributed by atoms with Gasteiger partial charge in [0, 0.05) is 20.1 Å². The Bertz CT molecular complexity index is 1050. The van der Waals surface area contributed by atoms with Crippen LogP contribution in [-0.4, -0.2) is 61.6 Å². The van der Waals surface area contributed by atoms with E-state index in [4.69, 9.17) is 11.6 Å². The molecule has 3 atom stereocenters. The molecular weight excluding hydrogens is 478 g/mol. The molecule has 1 aromatic rings. The van der Waals surface area contributed by atoms with Crippen LogP contribution < -0.4 is 10.6 Å². The molecule has 34 heavy (non-hydrogen) atoms. The van der Waals surface area contributed by atoms with Crippen LogP contribution >= 0.6 is 11.6 Å². The van der Waals surface area contributed by atoms with Gasteiger partial charge < -0.3 is 15.7 Å². The molecule has 3 fully saturated rings. The molecule has 0 amide bonds. The number of anilines is 1. The molecular formula is C24H34ClN3O5S. The maximum absolute atomic E-state index is 12.7. The number of aromatic hydroxyl groups is 1. The zero-order valence-electron chi connectivity index (χ0n) is 19.7. The number of nitrogens with zero attached hydrogens (tertiary/aromatic N) is 1. The Hall–Kier alpha value is -1.68. The summed E-state index contributed by atoms with van der Waals surface area (Å²) in [6.07, 6.45) is 10.5. The van der Waals surface area contributed by atoms with Gasteiger partial charge in [-0.2, -0.15) is 0 Å². The largest absolute Gasteiger partial charge is 0.504 e. The fraction of sp³-hybridized carbons (Fsp3) is 0.667. The van der Waals surface area contributed by atoms with Crippen molar-refractivity contribution in [3.63, 3.8) is 0 Å². The van der Waals surface area contributed by atoms with Gasteiger partial charge in [0.2, 0.25) is 21.6 Å². The lowest BCUT2D eigenvalue weighted by molar-refractivity contribution is -0.146. The normalized spacial score (nSPS) is 25.5. The zero-order chi connectivity index (χ0) is 24.6. The molecule has 0 aromatic heterocycles. The van der Waals surface area contributed by atoms with Crippen LogP contribution in [0.2, 0.25) is 5.02 Å². The van der Waals surface area contributed by atoms with Crippen molar-refractivity contribution in [2.45, 2.75) is 80.8 Å². The third-order valence-corrected chi connectivity index (χ3v) is 10.0. The minimum absolute atomic E-state index is 0.0533. The number of phenolic OH excluding ortho intramolecular Hbond substituents is 1. The molecule has 0 heterocycles. The predicted octanol–water partition coefficient (Wildman–Crippen LogP) is 3.33. The summed E-state index contributed by atoms with van der Waals surface area (Å²) in [6, 6.07) is 1.38. The van der Waals surface area contributed by atoms with Crippen molar-refractivity contribution in [2.24, 2.45) is 11.8 Å². The summed E-state index contributed by atoms with van der Waals surface area (Å²) in [6.45, 7) is 0. The van der Waals surface area contributed by atoms with E-state index >= 15 is 0 Å². The van der Waals surface area contributed by atoms with Crippen molar-refractivity contribution < 1.29 is 23.1 Å². The molecule has 0 bridgehead atoms. The molecule has 1 aromatic carbocycles. The average Bonchev–Trinajstić information content (AvgIpc) is 3.34. The highest BCUT2D eigenvalue weighted by Crippen LogP contribution is 2.40. The van der Waals surface area contributed by atoms with Gasteiger partial charge in [-0.25, -0.2) is 12.7 Å². The minimum atomic E-state index is -4.02. The second-order valence-electron chi connectivity index (χ2n) is 10.0. The Labute approximate surface area is 206 Å². The average molecular weight is 512 g/mol. The van der Waals surface area contributed by atoms with Crippen LogP contribution in [0.25, 0.3) is 0 Å². The number of sulfonamides is 1. The smallest absolute Gasteiger partial charge is 0.247 e. The Morgan fingerprint density at radius 2 is 1.47 bits per heavy atom. The molecule has 4 rings (SSSR count). The number of benzene rings is 1. The number of ketones is 2. The van der Waals surface area contributed by atoms with E-state index in [1.807, 2.05) is 0 Å². The van der Waals surface area contributed by atoms with Crippen LogP contribution in [0, 0.1) is 11.8 Å². The summed E-state index contributed by atoms with van der Waals surface area (Å²) in [5.41, 5.74) is 0.0533. The van der Waals surface area contributed by atoms with E-state index < -0.39 is 44.3 Å². The van der Waals surface area contributed by atoms with Crippen LogP contribution in [0.4, 0.5) is 5.69 Å². The van der Waals surface area contributed by atoms with Crippen LogP contribution in [0.15, 0.2) is 17.0 Å². The van der Waals surface area contributed by atoms with Crippen molar-refractivity contribution in [3.8, 4) is 5.75 Å². The van der Waals surface area contributed by atoms with Gasteiger partial charge in [-0.3, -0.25) is 9.59 Å². The molecule has 3 N–H and O–H groups in total. The van der Waals surface area contributed by atoms with Gasteiger partial charge in [-0.15, -0.1) is 0 Å². The third kappa shape index (κ3) is 4.72. The van der Waals surface area contributed by atoms with Gasteiger partial charge >= 0.3 is 0 Å². The third-order valence-electron chi connectivity index (χ3n) is 7.71. The molecule has 3 unspecified atom stereocenters. The summed E-state index contributed by atoms with van der Waals surface area (Å²) in [5.74, 6) is -0.620. The summed E-state index contributed by atoms with van der Waals surface area (Å²) in [5, 5.41) is 17.1. The second kappa shape index (κ2) is 10.1. The quantitative estimate of drug-likeness (QED) is 0.362. The fourth-order valence-corrected chi connectivity index (χ4v) is 7.25. The van der Waals surface area contributed by atoms with Gasteiger partial charge in [-0.1, -0.05) is 43.7 Å². The van der Waals surface area contributed by atoms with Crippen LogP contribution in [0.1, 0.15) is 57.8 Å². The number of phenols is 1. The number of carbonyl (C=O) groups excluding carboxylic acids is 2. The van der Waals surface area contributed by atoms with Crippen molar-refractivity contribution >= 4 is 38.9 Å². The van der Waals surface area contributed by atoms with E-state index in [1.54, 1.807) is 0 Å². The van der Waals surface area contributed by atoms with E-state index in [9.17, 15) is 23.1 Å². The van der Waals surface area contributed by atoms with Crippen LogP contribution in [0.3, 0.4) is 0 Å². The first-order valence-corrected chi connectivity index (χ1v) is 14.0. The Kier molecular flexibility index (Phi) is 7.57. The minimum Gasteiger partial charge on any atom is -0.504 e. The van der Waals surface area contributed by atoms with Gasteiger partial charge in [0.25, 0.3) is 0 Å². The first-order valence-electron chi connectivity index (χ1n) is 12.2. The number of nitrogens with one attached hydrogen (secondary N) is 2. The van der Waals surface area contributed by atoms with E-state index in [-0.39, 0.29) is 16.8 Å². The predicted molar refractivity (Wildman–Crippen MR) is 131 cm³/mol. The SMILES string of the molecule is CN(C)S(=O)(=O)c1c(Cl)ccc(NC2C(=O)C(=O)C2NC(C2CCCCC2)C2CCCC2)c1O. The number of rotatable bonds is 8. The molecule has 0 aliphatic heterocycles. The molecule has 0 spiro atoms. The van der Waals surface area contributed by atoms with Gasteiger partial charge in [0.15, 0.2) is 5.75 Å². The summed E-state index contributed by atoms with van der Waals surface area (Å²) >= 11 is 6.10. The number of halogens is 1. The Balaban J connectivity index is 1.57. The van der Waals surface area contributed by atoms with E-state index in [0.29, 0.717) is 11.8 Å². The molecule has 8 nitrogen and oxygen atoms in total. The summed E-state index contributed by atoms with van der Waals surface area (Å²) in [7, 11) is -1.34. The fourth-order valence-electron chi connectivity index (χ4n) is 5.77. The van der Waals surface area contributed by atoms with Crippen LogP contribution in [-0.2, 0) is 19.6 Å². The molecule has 188 valence electrons. The highest BCUT2D eigenvalue weighted by atomic mass is 35.5. The Morgan fingerprint density at radius 1 is 0.941 bits per heavy atom. The lowest BCUT2D eigenvalue weighted by Gasteiger charge is -2.42. The lowest BCUT2D eigenvalue weighted by Crippen LogP contribution is -2.69. The van der Waals surface area contributed by atoms with Gasteiger partial charge in [0.1, 0.15) is 17.0 Å². The molecule has 0 radical (unpaired) electrons. The molecule has 10 heteroatoms. The number of carbonyl (C=O) groups is 2. The van der Waals surface area contributed by atoms with E-state index in [2.05, 4.69) is 10.6 Å². The highest BCUT2D eigenvalue weighted by molar-refractivity contribution is 7.89. The number of hydrogen-bond donors (Lipinski definition) is 3. The molecule has 3 aliphatic rings. The van der Waals surface area contributed by atoms with Gasteiger partial charge in [0.05, 0.1) is 10.7 Å². The topological polar surface area (TPSA) is 116 Å². The van der Waals surface area contributed by atoms with Crippen LogP contribution in [0.5, 0.6) is 5.75 Å². The maximum Gasteiger partial charge on any atom is 0.247 e. The molecule has 3 aliphatic carbocycles. The van der Waals surface area contributed by atoms with Gasteiger partial charge in [-0.05, 0) is 49.7 Å². The molecule has 0 saturated heterocycles. The monoisotopic (exact) mass is 511 g/mol. The standard InChI is InChI=1S/C24H34ClN3O5S/c1-28(2)34(32,33)24-16(25)12-13-17(21(24)29)26-19-20(23(31)22(19)30)27-18(15-10-6-7-11-15)14-8-4-3-5-9-14/h12-15,18-20,26-27,29H,3-11H2,1-2H3. The maximum atomic E-state index is 12.7. The van der Waals surface area contributed by atoms with Crippen molar-refractivity contribution in [1.29, 1.82) is 0 Å². The first kappa shape index (κ1) is 25.4. The Morgan fingerprint density at radius 3 is 2.03 bits per heavy atom. The zero-order valence-corrected chi connectivity index (χ0v) is 21.3. The number of hydrogen-bond acceptors (Lipinski definition) is 7. The lowest BCUT2D eigenvalue weighted by atomic mass is 9.75. The molecule has 3 saturated carbocycles. The highest BCUT2D eigenvalue weighted by Gasteiger charge is 2.51. The number of Topliss-reactive ketones (excluding diaryl/α,β-unsaturated/α-hetero) is 2. The summed E-state index contributed by atoms with van der Waals surface area (Å²) in [4.78, 5) is 24.7. The first-order chi connectivity index (χ1) is 16.1. The van der Waals surface area contributed by atoms with Crippen molar-refractivity contribution in [2.75, 3.05) is 19.4 Å². The van der Waals surface area contributed by atoms with E-state index in [1.165, 1.54) is 58.3 Å². The summed E-state index contributed by atoms with van der Waals surface area (Å²) < 4.78 is 26.3. The van der Waals surface area contributed by atoms with Crippen molar-refractivity contribution in [1.82, 2.24) is 9.62 Å². The second-order valence-corrected chi connectivity index (χ2v) is 12.5. The van der Waals surface area contributed by atoms with Crippen molar-refractivity contribution in [3.05, 3.63) is 17.2 Å².